The molecule has 0 spiro atoms. The van der Waals surface area contributed by atoms with E-state index in [1.165, 1.54) is 16.2 Å². The van der Waals surface area contributed by atoms with E-state index in [1.807, 2.05) is 37.4 Å². The first-order chi connectivity index (χ1) is 12.0. The molecule has 0 radical (unpaired) electrons. The van der Waals surface area contributed by atoms with Gasteiger partial charge in [-0.2, -0.15) is 0 Å². The van der Waals surface area contributed by atoms with Crippen LogP contribution in [0.1, 0.15) is 10.6 Å². The molecular formula is C17H19BrClN3O2S2. The van der Waals surface area contributed by atoms with Gasteiger partial charge in [0.15, 0.2) is 15.6 Å². The number of carbonyl (C=O) groups is 1. The zero-order valence-corrected chi connectivity index (χ0v) is 18.6. The number of aromatic nitrogens is 1. The van der Waals surface area contributed by atoms with Gasteiger partial charge in [0.25, 0.3) is 5.91 Å². The summed E-state index contributed by atoms with van der Waals surface area (Å²) in [4.78, 5) is 22.5. The van der Waals surface area contributed by atoms with E-state index < -0.39 is 0 Å². The van der Waals surface area contributed by atoms with Crippen LogP contribution in [0.5, 0.6) is 0 Å². The van der Waals surface area contributed by atoms with E-state index in [4.69, 9.17) is 4.42 Å². The summed E-state index contributed by atoms with van der Waals surface area (Å²) >= 11 is 6.47. The third kappa shape index (κ3) is 4.80. The monoisotopic (exact) mass is 475 g/mol. The van der Waals surface area contributed by atoms with Crippen molar-refractivity contribution in [1.29, 1.82) is 0 Å². The van der Waals surface area contributed by atoms with Crippen molar-refractivity contribution in [3.63, 3.8) is 0 Å². The van der Waals surface area contributed by atoms with Crippen molar-refractivity contribution in [2.45, 2.75) is 4.90 Å². The molecule has 3 rings (SSSR count). The first kappa shape index (κ1) is 21.2. The first-order valence-corrected chi connectivity index (χ1v) is 10.5. The molecule has 0 N–H and O–H groups in total. The van der Waals surface area contributed by atoms with E-state index in [-0.39, 0.29) is 18.3 Å². The summed E-state index contributed by atoms with van der Waals surface area (Å²) in [7, 11) is 3.96. The molecule has 2 heterocycles. The van der Waals surface area contributed by atoms with Crippen molar-refractivity contribution >= 4 is 72.7 Å². The van der Waals surface area contributed by atoms with Crippen molar-refractivity contribution in [3.8, 4) is 0 Å². The topological polar surface area (TPSA) is 49.6 Å². The summed E-state index contributed by atoms with van der Waals surface area (Å²) in [6, 6.07) is 9.55. The average molecular weight is 477 g/mol. The van der Waals surface area contributed by atoms with Gasteiger partial charge in [0.05, 0.1) is 10.2 Å². The van der Waals surface area contributed by atoms with Gasteiger partial charge < -0.3 is 9.32 Å². The third-order valence-corrected chi connectivity index (χ3v) is 5.81. The Bertz CT molecular complexity index is 897. The Morgan fingerprint density at radius 2 is 2.04 bits per heavy atom. The summed E-state index contributed by atoms with van der Waals surface area (Å²) in [5.41, 5.74) is 0.904. The number of amides is 1. The van der Waals surface area contributed by atoms with Gasteiger partial charge in [-0.1, -0.05) is 11.3 Å². The Morgan fingerprint density at radius 1 is 1.27 bits per heavy atom. The minimum Gasteiger partial charge on any atom is -0.444 e. The molecule has 1 aromatic carbocycles. The number of halogens is 2. The Kier molecular flexibility index (Phi) is 7.54. The number of anilines is 1. The normalized spacial score (nSPS) is 11.0. The van der Waals surface area contributed by atoms with Gasteiger partial charge in [-0.25, -0.2) is 4.98 Å². The van der Waals surface area contributed by atoms with Crippen LogP contribution in [0.25, 0.3) is 10.2 Å². The van der Waals surface area contributed by atoms with Gasteiger partial charge in [-0.15, -0.1) is 24.2 Å². The highest BCUT2D eigenvalue weighted by Gasteiger charge is 2.24. The van der Waals surface area contributed by atoms with Crippen LogP contribution in [0.15, 0.2) is 44.3 Å². The molecule has 140 valence electrons. The molecule has 0 saturated heterocycles. The lowest BCUT2D eigenvalue weighted by Crippen LogP contribution is -2.36. The third-order valence-electron chi connectivity index (χ3n) is 3.62. The number of furan rings is 1. The van der Waals surface area contributed by atoms with Crippen LogP contribution >= 0.6 is 51.4 Å². The first-order valence-electron chi connectivity index (χ1n) is 7.64. The van der Waals surface area contributed by atoms with E-state index >= 15 is 0 Å². The van der Waals surface area contributed by atoms with Crippen LogP contribution in [-0.2, 0) is 0 Å². The van der Waals surface area contributed by atoms with Gasteiger partial charge in [0, 0.05) is 18.0 Å². The minimum absolute atomic E-state index is 0. The number of thiazole rings is 1. The molecule has 0 fully saturated rings. The van der Waals surface area contributed by atoms with Crippen molar-refractivity contribution in [1.82, 2.24) is 9.88 Å². The molecule has 0 aliphatic rings. The molecule has 0 aliphatic carbocycles. The van der Waals surface area contributed by atoms with Gasteiger partial charge in [-0.3, -0.25) is 9.69 Å². The fourth-order valence-electron chi connectivity index (χ4n) is 2.28. The predicted octanol–water partition coefficient (Wildman–Crippen LogP) is 5.00. The van der Waals surface area contributed by atoms with Crippen LogP contribution in [-0.4, -0.2) is 49.2 Å². The van der Waals surface area contributed by atoms with Crippen LogP contribution in [0, 0.1) is 0 Å². The van der Waals surface area contributed by atoms with Gasteiger partial charge >= 0.3 is 0 Å². The maximum atomic E-state index is 12.9. The maximum Gasteiger partial charge on any atom is 0.295 e. The highest BCUT2D eigenvalue weighted by Crippen LogP contribution is 2.32. The summed E-state index contributed by atoms with van der Waals surface area (Å²) in [5, 5.41) is 0.688. The minimum atomic E-state index is -0.184. The number of carbonyl (C=O) groups excluding carboxylic acids is 1. The molecule has 0 aliphatic heterocycles. The van der Waals surface area contributed by atoms with Crippen LogP contribution in [0.4, 0.5) is 5.13 Å². The van der Waals surface area contributed by atoms with Gasteiger partial charge in [-0.05, 0) is 66.6 Å². The number of hydrogen-bond donors (Lipinski definition) is 0. The largest absolute Gasteiger partial charge is 0.444 e. The van der Waals surface area contributed by atoms with E-state index in [1.54, 1.807) is 28.8 Å². The fraction of sp³-hybridized carbons (Fsp3) is 0.294. The summed E-state index contributed by atoms with van der Waals surface area (Å²) < 4.78 is 7.06. The molecule has 3 aromatic rings. The quantitative estimate of drug-likeness (QED) is 0.468. The van der Waals surface area contributed by atoms with Crippen LogP contribution in [0.3, 0.4) is 0 Å². The maximum absolute atomic E-state index is 12.9. The number of likely N-dealkylation sites (N-methyl/N-ethyl adjacent to an activating group) is 1. The number of nitrogens with zero attached hydrogens (tertiary/aromatic N) is 3. The van der Waals surface area contributed by atoms with E-state index in [2.05, 4.69) is 27.0 Å². The van der Waals surface area contributed by atoms with E-state index in [0.29, 0.717) is 22.1 Å². The van der Waals surface area contributed by atoms with Crippen molar-refractivity contribution in [2.24, 2.45) is 0 Å². The second-order valence-corrected chi connectivity index (χ2v) is 8.36. The Hall–Kier alpha value is -1.06. The molecular weight excluding hydrogens is 458 g/mol. The lowest BCUT2D eigenvalue weighted by molar-refractivity contribution is 0.0957. The molecule has 26 heavy (non-hydrogen) atoms. The standard InChI is InChI=1S/C17H18BrN3O2S2.ClH/c1-20(2)8-9-21(16(22)13-6-7-15(18)23-13)17-19-12-5-4-11(24-3)10-14(12)25-17;/h4-7,10H,8-9H2,1-3H3;1H. The lowest BCUT2D eigenvalue weighted by atomic mass is 10.3. The number of thioether (sulfide) groups is 1. The van der Waals surface area contributed by atoms with Crippen molar-refractivity contribution < 1.29 is 9.21 Å². The molecule has 9 heteroatoms. The number of hydrogen-bond acceptors (Lipinski definition) is 6. The van der Waals surface area contributed by atoms with Gasteiger partial charge in [0.2, 0.25) is 0 Å². The molecule has 2 aromatic heterocycles. The highest BCUT2D eigenvalue weighted by atomic mass is 79.9. The molecule has 5 nitrogen and oxygen atoms in total. The summed E-state index contributed by atoms with van der Waals surface area (Å²) in [6.07, 6.45) is 2.05. The van der Waals surface area contributed by atoms with E-state index in [9.17, 15) is 4.79 Å². The second-order valence-electron chi connectivity index (χ2n) is 5.69. The highest BCUT2D eigenvalue weighted by molar-refractivity contribution is 9.10. The summed E-state index contributed by atoms with van der Waals surface area (Å²) in [5.74, 6) is 0.117. The zero-order valence-electron chi connectivity index (χ0n) is 14.6. The van der Waals surface area contributed by atoms with Crippen LogP contribution < -0.4 is 4.90 Å². The molecule has 1 amide bonds. The van der Waals surface area contributed by atoms with Crippen molar-refractivity contribution in [3.05, 3.63) is 40.8 Å². The zero-order chi connectivity index (χ0) is 18.0. The lowest BCUT2D eigenvalue weighted by Gasteiger charge is -2.20. The summed E-state index contributed by atoms with van der Waals surface area (Å²) in [6.45, 7) is 1.28. The average Bonchev–Trinajstić information content (AvgIpc) is 3.19. The Labute approximate surface area is 175 Å². The number of benzene rings is 1. The molecule has 0 atom stereocenters. The number of rotatable bonds is 6. The second kappa shape index (κ2) is 9.23. The molecule has 0 bridgehead atoms. The number of fused-ring (bicyclic) bond motifs is 1. The smallest absolute Gasteiger partial charge is 0.295 e. The Morgan fingerprint density at radius 3 is 2.65 bits per heavy atom. The fourth-order valence-corrected chi connectivity index (χ4v) is 4.13. The molecule has 0 saturated carbocycles. The Balaban J connectivity index is 0.00000243. The van der Waals surface area contributed by atoms with E-state index in [0.717, 1.165) is 16.8 Å². The van der Waals surface area contributed by atoms with Crippen molar-refractivity contribution in [2.75, 3.05) is 38.3 Å². The molecule has 0 unspecified atom stereocenters. The van der Waals surface area contributed by atoms with Gasteiger partial charge in [0.1, 0.15) is 0 Å². The van der Waals surface area contributed by atoms with Crippen LogP contribution in [0.2, 0.25) is 0 Å². The predicted molar refractivity (Wildman–Crippen MR) is 115 cm³/mol. The SMILES string of the molecule is CSc1ccc2nc(N(CCN(C)C)C(=O)c3ccc(Br)o3)sc2c1.Cl.